The number of rotatable bonds is 3. The molecule has 0 radical (unpaired) electrons. The number of hydrogen-bond donors (Lipinski definition) is 0. The van der Waals surface area contributed by atoms with Gasteiger partial charge in [0.2, 0.25) is 0 Å². The highest BCUT2D eigenvalue weighted by Gasteiger charge is 2.41. The molecule has 1 saturated carbocycles. The molecule has 1 fully saturated rings. The van der Waals surface area contributed by atoms with Crippen molar-refractivity contribution in [3.05, 3.63) is 12.2 Å². The Morgan fingerprint density at radius 1 is 1.67 bits per heavy atom. The van der Waals surface area contributed by atoms with Gasteiger partial charge in [-0.05, 0) is 6.42 Å². The minimum Gasteiger partial charge on any atom is -0.300 e. The normalized spacial score (nSPS) is 20.5. The molecule has 0 spiro atoms. The molecule has 1 rings (SSSR count). The monoisotopic (exact) mass is 163 g/mol. The van der Waals surface area contributed by atoms with Crippen molar-refractivity contribution in [3.8, 4) is 6.07 Å². The fraction of sp³-hybridized carbons (Fsp3) is 0.600. The van der Waals surface area contributed by atoms with Crippen molar-refractivity contribution in [2.45, 2.75) is 32.6 Å². The fourth-order valence-electron chi connectivity index (χ4n) is 1.36. The lowest BCUT2D eigenvalue weighted by Gasteiger charge is -2.30. The van der Waals surface area contributed by atoms with Crippen LogP contribution >= 0.6 is 0 Å². The topological polar surface area (TPSA) is 40.9 Å². The molecule has 0 atom stereocenters. The zero-order chi connectivity index (χ0) is 9.03. The van der Waals surface area contributed by atoms with Gasteiger partial charge >= 0.3 is 0 Å². The fourth-order valence-corrected chi connectivity index (χ4v) is 1.36. The molecule has 1 aliphatic carbocycles. The van der Waals surface area contributed by atoms with Crippen LogP contribution in [-0.2, 0) is 4.79 Å². The van der Waals surface area contributed by atoms with Crippen molar-refractivity contribution in [1.82, 2.24) is 0 Å². The van der Waals surface area contributed by atoms with Crippen LogP contribution in [0, 0.1) is 16.7 Å². The maximum absolute atomic E-state index is 10.7. The summed E-state index contributed by atoms with van der Waals surface area (Å²) in [5.74, 6) is 0.206. The van der Waals surface area contributed by atoms with Crippen LogP contribution in [0.3, 0.4) is 0 Å². The molecule has 0 aliphatic heterocycles. The van der Waals surface area contributed by atoms with Crippen LogP contribution in [0.2, 0.25) is 0 Å². The predicted molar refractivity (Wildman–Crippen MR) is 46.3 cm³/mol. The first kappa shape index (κ1) is 8.99. The summed E-state index contributed by atoms with van der Waals surface area (Å²) >= 11 is 0. The average molecular weight is 163 g/mol. The zero-order valence-corrected chi connectivity index (χ0v) is 7.34. The summed E-state index contributed by atoms with van der Waals surface area (Å²) < 4.78 is 0. The van der Waals surface area contributed by atoms with E-state index in [0.717, 1.165) is 12.8 Å². The molecule has 0 bridgehead atoms. The van der Waals surface area contributed by atoms with E-state index in [1.165, 1.54) is 0 Å². The molecule has 0 aromatic carbocycles. The average Bonchev–Trinajstić information content (AvgIpc) is 2.01. The van der Waals surface area contributed by atoms with E-state index in [-0.39, 0.29) is 5.78 Å². The van der Waals surface area contributed by atoms with Gasteiger partial charge in [-0.2, -0.15) is 5.26 Å². The molecule has 0 saturated heterocycles. The second-order valence-electron chi connectivity index (χ2n) is 3.35. The van der Waals surface area contributed by atoms with Gasteiger partial charge in [-0.25, -0.2) is 0 Å². The zero-order valence-electron chi connectivity index (χ0n) is 7.34. The maximum atomic E-state index is 10.7. The molecular weight excluding hydrogens is 150 g/mol. The maximum Gasteiger partial charge on any atom is 0.136 e. The smallest absolute Gasteiger partial charge is 0.136 e. The molecule has 0 aromatic rings. The number of hydrogen-bond acceptors (Lipinski definition) is 2. The van der Waals surface area contributed by atoms with Crippen molar-refractivity contribution in [1.29, 1.82) is 5.26 Å². The third-order valence-electron chi connectivity index (χ3n) is 2.14. The Balaban J connectivity index is 2.49. The highest BCUT2D eigenvalue weighted by atomic mass is 16.1. The summed E-state index contributed by atoms with van der Waals surface area (Å²) in [6.45, 7) is 2.09. The van der Waals surface area contributed by atoms with Crippen LogP contribution in [0.15, 0.2) is 12.2 Å². The van der Waals surface area contributed by atoms with Crippen molar-refractivity contribution in [3.63, 3.8) is 0 Å². The highest BCUT2D eigenvalue weighted by Crippen LogP contribution is 2.38. The third-order valence-corrected chi connectivity index (χ3v) is 2.14. The van der Waals surface area contributed by atoms with Gasteiger partial charge < -0.3 is 0 Å². The largest absolute Gasteiger partial charge is 0.300 e. The number of ketones is 1. The van der Waals surface area contributed by atoms with Gasteiger partial charge in [0.15, 0.2) is 0 Å². The Morgan fingerprint density at radius 2 is 2.33 bits per heavy atom. The molecule has 0 heterocycles. The van der Waals surface area contributed by atoms with E-state index in [0.29, 0.717) is 12.8 Å². The van der Waals surface area contributed by atoms with Gasteiger partial charge in [-0.15, -0.1) is 0 Å². The SMILES string of the molecule is CCC/C=C/C1(C#N)CC(=O)C1. The van der Waals surface area contributed by atoms with Gasteiger partial charge in [0.1, 0.15) is 5.78 Å². The number of carbonyl (C=O) groups excluding carboxylic acids is 1. The van der Waals surface area contributed by atoms with E-state index in [9.17, 15) is 4.79 Å². The second-order valence-corrected chi connectivity index (χ2v) is 3.35. The molecule has 0 amide bonds. The van der Waals surface area contributed by atoms with Crippen LogP contribution in [0.5, 0.6) is 0 Å². The number of unbranched alkanes of at least 4 members (excludes halogenated alkanes) is 1. The van der Waals surface area contributed by atoms with Crippen LogP contribution in [0.1, 0.15) is 32.6 Å². The third kappa shape index (κ3) is 1.73. The molecule has 0 unspecified atom stereocenters. The minimum atomic E-state index is -0.438. The second kappa shape index (κ2) is 3.53. The first-order chi connectivity index (χ1) is 5.72. The van der Waals surface area contributed by atoms with Crippen molar-refractivity contribution in [2.24, 2.45) is 5.41 Å². The van der Waals surface area contributed by atoms with Crippen molar-refractivity contribution < 1.29 is 4.79 Å². The summed E-state index contributed by atoms with van der Waals surface area (Å²) in [7, 11) is 0. The molecule has 0 N–H and O–H groups in total. The summed E-state index contributed by atoms with van der Waals surface area (Å²) in [6.07, 6.45) is 6.84. The highest BCUT2D eigenvalue weighted by molar-refractivity contribution is 5.88. The van der Waals surface area contributed by atoms with Crippen LogP contribution in [-0.4, -0.2) is 5.78 Å². The molecule has 64 valence electrons. The Bertz CT molecular complexity index is 239. The lowest BCUT2D eigenvalue weighted by Crippen LogP contribution is -2.34. The number of nitrogens with zero attached hydrogens (tertiary/aromatic N) is 1. The van der Waals surface area contributed by atoms with Crippen LogP contribution in [0.4, 0.5) is 0 Å². The first-order valence-electron chi connectivity index (χ1n) is 4.33. The van der Waals surface area contributed by atoms with E-state index >= 15 is 0 Å². The van der Waals surface area contributed by atoms with Gasteiger partial charge in [-0.1, -0.05) is 25.5 Å². The lowest BCUT2D eigenvalue weighted by atomic mass is 9.69. The van der Waals surface area contributed by atoms with E-state index < -0.39 is 5.41 Å². The number of carbonyl (C=O) groups is 1. The molecular formula is C10H13NO. The summed E-state index contributed by atoms with van der Waals surface area (Å²) in [5, 5.41) is 8.80. The van der Waals surface area contributed by atoms with Crippen molar-refractivity contribution >= 4 is 5.78 Å². The summed E-state index contributed by atoms with van der Waals surface area (Å²) in [4.78, 5) is 10.7. The Hall–Kier alpha value is -1.10. The number of nitriles is 1. The van der Waals surface area contributed by atoms with E-state index in [2.05, 4.69) is 13.0 Å². The molecule has 0 aromatic heterocycles. The standard InChI is InChI=1S/C10H13NO/c1-2-3-4-5-10(8-11)6-9(12)7-10/h4-5H,2-3,6-7H2,1H3/b5-4+. The minimum absolute atomic E-state index is 0.206. The van der Waals surface area contributed by atoms with Gasteiger partial charge in [-0.3, -0.25) is 4.79 Å². The molecule has 2 heteroatoms. The van der Waals surface area contributed by atoms with Crippen molar-refractivity contribution in [2.75, 3.05) is 0 Å². The van der Waals surface area contributed by atoms with Crippen LogP contribution < -0.4 is 0 Å². The van der Waals surface area contributed by atoms with E-state index in [1.54, 1.807) is 0 Å². The Morgan fingerprint density at radius 3 is 2.75 bits per heavy atom. The Labute approximate surface area is 72.9 Å². The number of allylic oxidation sites excluding steroid dienone is 2. The van der Waals surface area contributed by atoms with Crippen LogP contribution in [0.25, 0.3) is 0 Å². The quantitative estimate of drug-likeness (QED) is 0.598. The van der Waals surface area contributed by atoms with E-state index in [4.69, 9.17) is 5.26 Å². The van der Waals surface area contributed by atoms with Gasteiger partial charge in [0.05, 0.1) is 11.5 Å². The summed E-state index contributed by atoms with van der Waals surface area (Å²) in [6, 6.07) is 2.20. The van der Waals surface area contributed by atoms with Gasteiger partial charge in [0.25, 0.3) is 0 Å². The Kier molecular flexibility index (Phi) is 2.65. The number of Topliss-reactive ketones (excluding diaryl/α,β-unsaturated/α-hetero) is 1. The first-order valence-corrected chi connectivity index (χ1v) is 4.33. The molecule has 1 aliphatic rings. The van der Waals surface area contributed by atoms with Gasteiger partial charge in [0, 0.05) is 12.8 Å². The summed E-state index contributed by atoms with van der Waals surface area (Å²) in [5.41, 5.74) is -0.438. The molecule has 2 nitrogen and oxygen atoms in total. The lowest BCUT2D eigenvalue weighted by molar-refractivity contribution is -0.127. The molecule has 12 heavy (non-hydrogen) atoms. The predicted octanol–water partition coefficient (Wildman–Crippen LogP) is 2.22. The van der Waals surface area contributed by atoms with E-state index in [1.807, 2.05) is 12.2 Å².